The average molecular weight is 484 g/mol. The number of para-hydroxylation sites is 2. The topological polar surface area (TPSA) is 98.7 Å². The van der Waals surface area contributed by atoms with E-state index in [1.807, 2.05) is 55.5 Å². The number of aromatic nitrogens is 1. The van der Waals surface area contributed by atoms with E-state index < -0.39 is 0 Å². The van der Waals surface area contributed by atoms with Crippen LogP contribution in [0.5, 0.6) is 0 Å². The maximum atomic E-state index is 12.4. The maximum absolute atomic E-state index is 12.4. The molecule has 4 rings (SSSR count). The molecule has 4 aromatic rings. The molecule has 4 N–H and O–H groups in total. The molecule has 1 heterocycles. The summed E-state index contributed by atoms with van der Waals surface area (Å²) in [6, 6.07) is 20.5. The molecule has 3 aromatic carbocycles. The highest BCUT2D eigenvalue weighted by molar-refractivity contribution is 9.10. The maximum Gasteiger partial charge on any atom is 0.257 e. The lowest BCUT2D eigenvalue weighted by molar-refractivity contribution is 0.0977. The van der Waals surface area contributed by atoms with E-state index >= 15 is 0 Å². The number of nitrogens with one attached hydrogen (secondary N) is 2. The van der Waals surface area contributed by atoms with E-state index in [1.165, 1.54) is 0 Å². The number of aryl methyl sites for hydroxylation is 1. The number of oxazole rings is 1. The van der Waals surface area contributed by atoms with Crippen LogP contribution in [0.15, 0.2) is 75.6 Å². The number of hydrogen-bond donors (Lipinski definition) is 2. The fourth-order valence-corrected chi connectivity index (χ4v) is 3.45. The number of nitrogens with zero attached hydrogens (tertiary/aromatic N) is 1. The Morgan fingerprint density at radius 2 is 1.87 bits per heavy atom. The number of halogens is 1. The molecule has 0 aliphatic carbocycles. The first-order valence-corrected chi connectivity index (χ1v) is 10.0. The van der Waals surface area contributed by atoms with E-state index in [1.54, 1.807) is 18.2 Å². The summed E-state index contributed by atoms with van der Waals surface area (Å²) in [6.45, 7) is 1.96. The lowest BCUT2D eigenvalue weighted by atomic mass is 10.1. The third kappa shape index (κ3) is 4.73. The van der Waals surface area contributed by atoms with Crippen LogP contribution >= 0.6 is 28.1 Å². The van der Waals surface area contributed by atoms with Crippen LogP contribution in [0.25, 0.3) is 22.6 Å². The van der Waals surface area contributed by atoms with Crippen molar-refractivity contribution in [2.24, 2.45) is 0 Å². The molecular weight excluding hydrogens is 466 g/mol. The number of thiocarbonyl (C=S) groups is 1. The van der Waals surface area contributed by atoms with Gasteiger partial charge >= 0.3 is 0 Å². The number of benzene rings is 3. The van der Waals surface area contributed by atoms with Gasteiger partial charge in [-0.2, -0.15) is 0 Å². The fraction of sp³-hybridized carbons (Fsp3) is 0.0455. The Morgan fingerprint density at radius 1 is 1.07 bits per heavy atom. The molecular formula is C22H18BrN3O3S. The largest absolute Gasteiger partial charge is 0.436 e. The molecule has 0 aliphatic heterocycles. The molecule has 0 aliphatic rings. The first kappa shape index (κ1) is 21.6. The highest BCUT2D eigenvalue weighted by Crippen LogP contribution is 2.28. The third-order valence-corrected chi connectivity index (χ3v) is 5.04. The van der Waals surface area contributed by atoms with Gasteiger partial charge in [-0.25, -0.2) is 4.98 Å². The van der Waals surface area contributed by atoms with Gasteiger partial charge in [-0.05, 0) is 67.2 Å². The summed E-state index contributed by atoms with van der Waals surface area (Å²) in [6.07, 6.45) is 0. The van der Waals surface area contributed by atoms with Crippen LogP contribution in [0.4, 0.5) is 5.69 Å². The summed E-state index contributed by atoms with van der Waals surface area (Å²) in [5, 5.41) is 6.00. The summed E-state index contributed by atoms with van der Waals surface area (Å²) in [5.41, 5.74) is 4.60. The van der Waals surface area contributed by atoms with Crippen LogP contribution in [0.3, 0.4) is 0 Å². The zero-order valence-electron chi connectivity index (χ0n) is 15.9. The normalized spacial score (nSPS) is 10.3. The molecule has 0 saturated carbocycles. The first-order chi connectivity index (χ1) is 14.0. The molecule has 0 fully saturated rings. The van der Waals surface area contributed by atoms with E-state index in [-0.39, 0.29) is 16.5 Å². The molecule has 8 heteroatoms. The van der Waals surface area contributed by atoms with E-state index in [0.29, 0.717) is 11.5 Å². The van der Waals surface area contributed by atoms with E-state index in [2.05, 4.69) is 31.5 Å². The average Bonchev–Trinajstić information content (AvgIpc) is 3.14. The molecule has 6 nitrogen and oxygen atoms in total. The predicted molar refractivity (Wildman–Crippen MR) is 126 cm³/mol. The van der Waals surface area contributed by atoms with Crippen molar-refractivity contribution in [2.75, 3.05) is 5.32 Å². The highest BCUT2D eigenvalue weighted by atomic mass is 79.9. The van der Waals surface area contributed by atoms with Crippen molar-refractivity contribution < 1.29 is 14.7 Å². The van der Waals surface area contributed by atoms with Gasteiger partial charge in [0.15, 0.2) is 10.7 Å². The smallest absolute Gasteiger partial charge is 0.257 e. The van der Waals surface area contributed by atoms with Crippen LogP contribution in [-0.2, 0) is 0 Å². The summed E-state index contributed by atoms with van der Waals surface area (Å²) < 4.78 is 6.67. The zero-order valence-corrected chi connectivity index (χ0v) is 18.3. The van der Waals surface area contributed by atoms with Crippen molar-refractivity contribution in [3.8, 4) is 11.5 Å². The van der Waals surface area contributed by atoms with Crippen molar-refractivity contribution >= 4 is 56.0 Å². The van der Waals surface area contributed by atoms with Gasteiger partial charge in [0.1, 0.15) is 5.52 Å². The van der Waals surface area contributed by atoms with Gasteiger partial charge in [-0.3, -0.25) is 10.1 Å². The number of hydrogen-bond acceptors (Lipinski definition) is 4. The molecule has 152 valence electrons. The lowest BCUT2D eigenvalue weighted by Crippen LogP contribution is -2.34. The van der Waals surface area contributed by atoms with Crippen LogP contribution in [-0.4, -0.2) is 21.5 Å². The second kappa shape index (κ2) is 9.17. The third-order valence-electron chi connectivity index (χ3n) is 4.34. The van der Waals surface area contributed by atoms with Crippen LogP contribution in [0.2, 0.25) is 0 Å². The standard InChI is InChI=1S/C22H16BrN3O2S.H2O/c1-13-9-10-15(21-24-17-7-2-3-8-19(17)28-21)12-18(13)25-22(29)26-20(27)14-5-4-6-16(23)11-14;/h2-12H,1H3,(H2,25,26,27,29);1H2. The Balaban J connectivity index is 0.00000256. The van der Waals surface area contributed by atoms with Crippen molar-refractivity contribution in [1.82, 2.24) is 10.3 Å². The van der Waals surface area contributed by atoms with Crippen molar-refractivity contribution in [3.05, 3.63) is 82.3 Å². The molecule has 0 spiro atoms. The van der Waals surface area contributed by atoms with Gasteiger partial charge in [-0.1, -0.05) is 40.2 Å². The number of amides is 1. The van der Waals surface area contributed by atoms with E-state index in [4.69, 9.17) is 16.6 Å². The van der Waals surface area contributed by atoms with Gasteiger partial charge < -0.3 is 15.2 Å². The molecule has 30 heavy (non-hydrogen) atoms. The second-order valence-electron chi connectivity index (χ2n) is 6.44. The van der Waals surface area contributed by atoms with Gasteiger partial charge in [0.05, 0.1) is 0 Å². The molecule has 0 saturated heterocycles. The van der Waals surface area contributed by atoms with E-state index in [9.17, 15) is 4.79 Å². The van der Waals surface area contributed by atoms with E-state index in [0.717, 1.165) is 32.4 Å². The monoisotopic (exact) mass is 483 g/mol. The van der Waals surface area contributed by atoms with Gasteiger partial charge in [0.25, 0.3) is 5.91 Å². The number of carbonyl (C=O) groups is 1. The molecule has 1 aromatic heterocycles. The number of anilines is 1. The minimum absolute atomic E-state index is 0. The lowest BCUT2D eigenvalue weighted by Gasteiger charge is -2.12. The quantitative estimate of drug-likeness (QED) is 0.405. The Hall–Kier alpha value is -3.07. The molecule has 0 radical (unpaired) electrons. The predicted octanol–water partition coefficient (Wildman–Crippen LogP) is 4.87. The van der Waals surface area contributed by atoms with Gasteiger partial charge in [0, 0.05) is 21.3 Å². The number of fused-ring (bicyclic) bond motifs is 1. The van der Waals surface area contributed by atoms with Crippen LogP contribution in [0.1, 0.15) is 15.9 Å². The number of carbonyl (C=O) groups excluding carboxylic acids is 1. The molecule has 1 amide bonds. The Morgan fingerprint density at radius 3 is 2.63 bits per heavy atom. The van der Waals surface area contributed by atoms with Crippen LogP contribution in [0, 0.1) is 6.92 Å². The Kier molecular flexibility index (Phi) is 6.61. The fourth-order valence-electron chi connectivity index (χ4n) is 2.84. The number of rotatable bonds is 3. The summed E-state index contributed by atoms with van der Waals surface area (Å²) in [7, 11) is 0. The first-order valence-electron chi connectivity index (χ1n) is 8.84. The molecule has 0 unspecified atom stereocenters. The van der Waals surface area contributed by atoms with Gasteiger partial charge in [0.2, 0.25) is 5.89 Å². The van der Waals surface area contributed by atoms with Crippen molar-refractivity contribution in [2.45, 2.75) is 6.92 Å². The van der Waals surface area contributed by atoms with Gasteiger partial charge in [-0.15, -0.1) is 0 Å². The minimum Gasteiger partial charge on any atom is -0.436 e. The van der Waals surface area contributed by atoms with Crippen LogP contribution < -0.4 is 10.6 Å². The summed E-state index contributed by atoms with van der Waals surface area (Å²) in [4.78, 5) is 16.9. The summed E-state index contributed by atoms with van der Waals surface area (Å²) >= 11 is 8.68. The minimum atomic E-state index is -0.281. The highest BCUT2D eigenvalue weighted by Gasteiger charge is 2.12. The SMILES string of the molecule is Cc1ccc(-c2nc3ccccc3o2)cc1NC(=S)NC(=O)c1cccc(Br)c1.O. The molecule has 0 atom stereocenters. The van der Waals surface area contributed by atoms with Crippen molar-refractivity contribution in [3.63, 3.8) is 0 Å². The van der Waals surface area contributed by atoms with Crippen molar-refractivity contribution in [1.29, 1.82) is 0 Å². The Bertz CT molecular complexity index is 1210. The Labute approximate surface area is 186 Å². The zero-order chi connectivity index (χ0) is 20.4. The summed E-state index contributed by atoms with van der Waals surface area (Å²) in [5.74, 6) is 0.245. The second-order valence-corrected chi connectivity index (χ2v) is 7.76. The molecule has 0 bridgehead atoms.